The summed E-state index contributed by atoms with van der Waals surface area (Å²) >= 11 is 0. The Morgan fingerprint density at radius 1 is 1.09 bits per heavy atom. The molecule has 0 saturated heterocycles. The molecule has 0 aliphatic heterocycles. The van der Waals surface area contributed by atoms with Crippen LogP contribution in [0, 0.1) is 5.92 Å². The van der Waals surface area contributed by atoms with E-state index in [-0.39, 0.29) is 5.75 Å². The summed E-state index contributed by atoms with van der Waals surface area (Å²) in [6.45, 7) is 3.66. The Balaban J connectivity index is 1.86. The van der Waals surface area contributed by atoms with Crippen LogP contribution in [-0.2, 0) is 0 Å². The Morgan fingerprint density at radius 3 is 2.27 bits per heavy atom. The van der Waals surface area contributed by atoms with Crippen molar-refractivity contribution in [3.05, 3.63) is 54.6 Å². The SMILES string of the molecule is C=CC=CCC1CCC(c2ccc(OC(F)(F)F)cc2)CC1. The highest BCUT2D eigenvalue weighted by atomic mass is 19.4. The number of halogens is 3. The first kappa shape index (κ1) is 16.7. The minimum atomic E-state index is -4.63. The van der Waals surface area contributed by atoms with E-state index in [4.69, 9.17) is 0 Å². The van der Waals surface area contributed by atoms with Gasteiger partial charge in [-0.05, 0) is 61.6 Å². The highest BCUT2D eigenvalue weighted by Crippen LogP contribution is 2.37. The van der Waals surface area contributed by atoms with E-state index in [1.54, 1.807) is 18.2 Å². The van der Waals surface area contributed by atoms with Crippen molar-refractivity contribution in [3.63, 3.8) is 0 Å². The normalized spacial score (nSPS) is 22.7. The van der Waals surface area contributed by atoms with E-state index >= 15 is 0 Å². The Hall–Kier alpha value is -1.71. The lowest BCUT2D eigenvalue weighted by atomic mass is 9.77. The summed E-state index contributed by atoms with van der Waals surface area (Å²) < 4.78 is 40.3. The van der Waals surface area contributed by atoms with Gasteiger partial charge < -0.3 is 4.74 Å². The lowest BCUT2D eigenvalue weighted by Crippen LogP contribution is -2.17. The van der Waals surface area contributed by atoms with Crippen LogP contribution < -0.4 is 4.74 Å². The van der Waals surface area contributed by atoms with Crippen LogP contribution in [0.3, 0.4) is 0 Å². The smallest absolute Gasteiger partial charge is 0.406 e. The zero-order valence-corrected chi connectivity index (χ0v) is 12.5. The van der Waals surface area contributed by atoms with E-state index in [9.17, 15) is 13.2 Å². The Labute approximate surface area is 129 Å². The van der Waals surface area contributed by atoms with Gasteiger partial charge in [0.25, 0.3) is 0 Å². The minimum absolute atomic E-state index is 0.153. The fourth-order valence-electron chi connectivity index (χ4n) is 3.04. The van der Waals surface area contributed by atoms with Gasteiger partial charge in [-0.3, -0.25) is 0 Å². The third kappa shape index (κ3) is 5.24. The standard InChI is InChI=1S/C18H21F3O/c1-2-3-4-5-14-6-8-15(9-7-14)16-10-12-17(13-11-16)22-18(19,20)21/h2-4,10-15H,1,5-9H2. The Morgan fingerprint density at radius 2 is 1.73 bits per heavy atom. The van der Waals surface area contributed by atoms with Gasteiger partial charge in [0.1, 0.15) is 5.75 Å². The van der Waals surface area contributed by atoms with Crippen molar-refractivity contribution in [1.82, 2.24) is 0 Å². The highest BCUT2D eigenvalue weighted by molar-refractivity contribution is 5.29. The van der Waals surface area contributed by atoms with Crippen molar-refractivity contribution in [3.8, 4) is 5.75 Å². The van der Waals surface area contributed by atoms with Crippen molar-refractivity contribution in [2.45, 2.75) is 44.4 Å². The van der Waals surface area contributed by atoms with E-state index in [0.717, 1.165) is 37.7 Å². The van der Waals surface area contributed by atoms with Gasteiger partial charge in [0.2, 0.25) is 0 Å². The number of rotatable bonds is 5. The Kier molecular flexibility index (Phi) is 5.69. The molecule has 22 heavy (non-hydrogen) atoms. The van der Waals surface area contributed by atoms with Gasteiger partial charge in [-0.15, -0.1) is 13.2 Å². The van der Waals surface area contributed by atoms with E-state index in [1.807, 2.05) is 6.08 Å². The number of alkyl halides is 3. The van der Waals surface area contributed by atoms with Crippen LogP contribution in [-0.4, -0.2) is 6.36 Å². The molecule has 0 N–H and O–H groups in total. The second-order valence-electron chi connectivity index (χ2n) is 5.73. The van der Waals surface area contributed by atoms with Crippen LogP contribution in [0.15, 0.2) is 49.1 Å². The third-order valence-electron chi connectivity index (χ3n) is 4.17. The van der Waals surface area contributed by atoms with E-state index in [1.165, 1.54) is 12.1 Å². The van der Waals surface area contributed by atoms with E-state index in [0.29, 0.717) is 11.8 Å². The Bertz CT molecular complexity index is 494. The molecule has 120 valence electrons. The summed E-state index contributed by atoms with van der Waals surface area (Å²) in [5, 5.41) is 0. The number of ether oxygens (including phenoxy) is 1. The number of hydrogen-bond donors (Lipinski definition) is 0. The molecule has 1 aromatic rings. The van der Waals surface area contributed by atoms with E-state index < -0.39 is 6.36 Å². The molecule has 0 bridgehead atoms. The molecule has 0 heterocycles. The second-order valence-corrected chi connectivity index (χ2v) is 5.73. The van der Waals surface area contributed by atoms with Gasteiger partial charge in [-0.25, -0.2) is 0 Å². The molecule has 1 aliphatic rings. The average Bonchev–Trinajstić information content (AvgIpc) is 2.48. The molecule has 1 aliphatic carbocycles. The summed E-state index contributed by atoms with van der Waals surface area (Å²) in [5.74, 6) is 0.999. The average molecular weight is 310 g/mol. The molecular formula is C18H21F3O. The fourth-order valence-corrected chi connectivity index (χ4v) is 3.04. The van der Waals surface area contributed by atoms with Crippen LogP contribution in [0.4, 0.5) is 13.2 Å². The number of allylic oxidation sites excluding steroid dienone is 3. The third-order valence-corrected chi connectivity index (χ3v) is 4.17. The predicted octanol–water partition coefficient (Wildman–Crippen LogP) is 5.99. The van der Waals surface area contributed by atoms with Gasteiger partial charge in [-0.2, -0.15) is 0 Å². The molecule has 0 amide bonds. The van der Waals surface area contributed by atoms with Gasteiger partial charge in [0, 0.05) is 0 Å². The summed E-state index contributed by atoms with van der Waals surface area (Å²) in [6, 6.07) is 6.32. The summed E-state index contributed by atoms with van der Waals surface area (Å²) in [6.07, 6.45) is 6.87. The monoisotopic (exact) mass is 310 g/mol. The van der Waals surface area contributed by atoms with Crippen LogP contribution >= 0.6 is 0 Å². The quantitative estimate of drug-likeness (QED) is 0.607. The van der Waals surface area contributed by atoms with Gasteiger partial charge in [-0.1, -0.05) is 36.9 Å². The van der Waals surface area contributed by atoms with Crippen LogP contribution in [0.25, 0.3) is 0 Å². The first-order valence-electron chi connectivity index (χ1n) is 7.61. The van der Waals surface area contributed by atoms with Crippen molar-refractivity contribution >= 4 is 0 Å². The highest BCUT2D eigenvalue weighted by Gasteiger charge is 2.31. The summed E-state index contributed by atoms with van der Waals surface area (Å²) in [7, 11) is 0. The van der Waals surface area contributed by atoms with Crippen molar-refractivity contribution in [2.24, 2.45) is 5.92 Å². The molecule has 4 heteroatoms. The zero-order valence-electron chi connectivity index (χ0n) is 12.5. The predicted molar refractivity (Wildman–Crippen MR) is 81.8 cm³/mol. The molecule has 1 nitrogen and oxygen atoms in total. The fraction of sp³-hybridized carbons (Fsp3) is 0.444. The molecule has 2 rings (SSSR count). The molecule has 0 radical (unpaired) electrons. The first-order valence-corrected chi connectivity index (χ1v) is 7.61. The molecular weight excluding hydrogens is 289 g/mol. The second kappa shape index (κ2) is 7.52. The summed E-state index contributed by atoms with van der Waals surface area (Å²) in [5.41, 5.74) is 1.11. The number of benzene rings is 1. The maximum atomic E-state index is 12.1. The van der Waals surface area contributed by atoms with Crippen LogP contribution in [0.1, 0.15) is 43.6 Å². The maximum Gasteiger partial charge on any atom is 0.573 e. The van der Waals surface area contributed by atoms with Gasteiger partial charge in [0.05, 0.1) is 0 Å². The van der Waals surface area contributed by atoms with Crippen molar-refractivity contribution < 1.29 is 17.9 Å². The molecule has 1 fully saturated rings. The molecule has 0 spiro atoms. The topological polar surface area (TPSA) is 9.23 Å². The van der Waals surface area contributed by atoms with Gasteiger partial charge in [0.15, 0.2) is 0 Å². The molecule has 1 aromatic carbocycles. The van der Waals surface area contributed by atoms with Crippen molar-refractivity contribution in [1.29, 1.82) is 0 Å². The minimum Gasteiger partial charge on any atom is -0.406 e. The molecule has 0 aromatic heterocycles. The first-order chi connectivity index (χ1) is 10.5. The van der Waals surface area contributed by atoms with Crippen LogP contribution in [0.2, 0.25) is 0 Å². The largest absolute Gasteiger partial charge is 0.573 e. The number of hydrogen-bond acceptors (Lipinski definition) is 1. The molecule has 0 atom stereocenters. The maximum absolute atomic E-state index is 12.1. The lowest BCUT2D eigenvalue weighted by molar-refractivity contribution is -0.274. The lowest BCUT2D eigenvalue weighted by Gasteiger charge is -2.28. The van der Waals surface area contributed by atoms with E-state index in [2.05, 4.69) is 17.4 Å². The molecule has 1 saturated carbocycles. The zero-order chi connectivity index (χ0) is 16.0. The van der Waals surface area contributed by atoms with Crippen LogP contribution in [0.5, 0.6) is 5.75 Å². The van der Waals surface area contributed by atoms with Gasteiger partial charge >= 0.3 is 6.36 Å². The summed E-state index contributed by atoms with van der Waals surface area (Å²) in [4.78, 5) is 0. The van der Waals surface area contributed by atoms with Crippen molar-refractivity contribution in [2.75, 3.05) is 0 Å². The molecule has 0 unspecified atom stereocenters.